The van der Waals surface area contributed by atoms with Crippen LogP contribution < -0.4 is 5.32 Å². The van der Waals surface area contributed by atoms with E-state index in [0.717, 1.165) is 49.3 Å². The molecule has 1 heterocycles. The molecule has 0 bridgehead atoms. The summed E-state index contributed by atoms with van der Waals surface area (Å²) in [4.78, 5) is 30.7. The second-order valence-corrected chi connectivity index (χ2v) is 7.17. The number of carbonyl (C=O) groups excluding carboxylic acids is 2. The van der Waals surface area contributed by atoms with Gasteiger partial charge in [0.25, 0.3) is 11.8 Å². The van der Waals surface area contributed by atoms with Gasteiger partial charge in [-0.2, -0.15) is 0 Å². The zero-order chi connectivity index (χ0) is 18.7. The minimum absolute atomic E-state index is 0.0201. The van der Waals surface area contributed by atoms with Gasteiger partial charge in [-0.3, -0.25) is 14.9 Å². The number of nitrogens with zero attached hydrogens (tertiary/aromatic N) is 2. The van der Waals surface area contributed by atoms with E-state index in [1.54, 1.807) is 10.3 Å². The molecule has 1 N–H and O–H groups in total. The number of nitrogens with one attached hydrogen (secondary N) is 1. The van der Waals surface area contributed by atoms with Crippen molar-refractivity contribution in [2.24, 2.45) is 5.92 Å². The fourth-order valence-electron chi connectivity index (χ4n) is 2.56. The van der Waals surface area contributed by atoms with Gasteiger partial charge in [-0.1, -0.05) is 6.92 Å². The number of aromatic nitrogens is 1. The molecule has 2 aromatic rings. The second-order valence-electron chi connectivity index (χ2n) is 6.32. The summed E-state index contributed by atoms with van der Waals surface area (Å²) in [6.45, 7) is 3.42. The molecule has 1 aromatic heterocycles. The molecule has 1 aliphatic carbocycles. The van der Waals surface area contributed by atoms with Crippen molar-refractivity contribution in [3.05, 3.63) is 46.5 Å². The van der Waals surface area contributed by atoms with E-state index >= 15 is 0 Å². The zero-order valence-corrected chi connectivity index (χ0v) is 15.1. The van der Waals surface area contributed by atoms with Crippen LogP contribution >= 0.6 is 11.3 Å². The Morgan fingerprint density at radius 3 is 2.73 bits per heavy atom. The van der Waals surface area contributed by atoms with Crippen molar-refractivity contribution in [2.45, 2.75) is 26.2 Å². The zero-order valence-electron chi connectivity index (χ0n) is 14.3. The molecule has 0 spiro atoms. The highest BCUT2D eigenvalue weighted by atomic mass is 32.1. The first kappa shape index (κ1) is 18.4. The van der Waals surface area contributed by atoms with Crippen molar-refractivity contribution < 1.29 is 18.4 Å². The van der Waals surface area contributed by atoms with Gasteiger partial charge in [0, 0.05) is 24.0 Å². The lowest BCUT2D eigenvalue weighted by molar-refractivity contribution is 0.0742. The summed E-state index contributed by atoms with van der Waals surface area (Å²) in [6, 6.07) is 2.90. The molecule has 138 valence electrons. The lowest BCUT2D eigenvalue weighted by atomic mass is 10.2. The first-order valence-electron chi connectivity index (χ1n) is 8.49. The Balaban J connectivity index is 1.67. The van der Waals surface area contributed by atoms with Crippen molar-refractivity contribution in [1.82, 2.24) is 9.88 Å². The van der Waals surface area contributed by atoms with Gasteiger partial charge in [0.15, 0.2) is 16.8 Å². The summed E-state index contributed by atoms with van der Waals surface area (Å²) in [6.07, 6.45) is 3.17. The quantitative estimate of drug-likeness (QED) is 0.793. The molecule has 0 aliphatic heterocycles. The average molecular weight is 379 g/mol. The maximum Gasteiger partial charge on any atom is 0.273 e. The number of hydrogen-bond donors (Lipinski definition) is 1. The summed E-state index contributed by atoms with van der Waals surface area (Å²) in [7, 11) is 0. The van der Waals surface area contributed by atoms with Crippen LogP contribution in [0.2, 0.25) is 0 Å². The van der Waals surface area contributed by atoms with Gasteiger partial charge in [-0.05, 0) is 43.4 Å². The SMILES string of the molecule is CCCN(CC1CC1)C(=O)c1csc(NC(=O)c2ccc(F)c(F)c2)n1. The number of carbonyl (C=O) groups is 2. The van der Waals surface area contributed by atoms with E-state index in [4.69, 9.17) is 0 Å². The molecule has 1 fully saturated rings. The molecule has 2 amide bonds. The molecule has 0 saturated heterocycles. The third kappa shape index (κ3) is 4.43. The van der Waals surface area contributed by atoms with Crippen LogP contribution in [-0.2, 0) is 0 Å². The summed E-state index contributed by atoms with van der Waals surface area (Å²) in [5.74, 6) is -2.29. The van der Waals surface area contributed by atoms with Gasteiger partial charge in [0.05, 0.1) is 0 Å². The topological polar surface area (TPSA) is 62.3 Å². The number of hydrogen-bond acceptors (Lipinski definition) is 4. The van der Waals surface area contributed by atoms with Crippen LogP contribution in [0.25, 0.3) is 0 Å². The predicted molar refractivity (Wildman–Crippen MR) is 95.3 cm³/mol. The lowest BCUT2D eigenvalue weighted by Crippen LogP contribution is -2.33. The number of rotatable bonds is 7. The highest BCUT2D eigenvalue weighted by Crippen LogP contribution is 2.30. The van der Waals surface area contributed by atoms with Crippen LogP contribution in [0.15, 0.2) is 23.6 Å². The number of benzene rings is 1. The molecule has 1 aromatic carbocycles. The summed E-state index contributed by atoms with van der Waals surface area (Å²) < 4.78 is 26.2. The maximum absolute atomic E-state index is 13.2. The fourth-order valence-corrected chi connectivity index (χ4v) is 3.24. The molecular weight excluding hydrogens is 360 g/mol. The Bertz CT molecular complexity index is 821. The van der Waals surface area contributed by atoms with Gasteiger partial charge < -0.3 is 4.90 Å². The Kier molecular flexibility index (Phi) is 5.61. The highest BCUT2D eigenvalue weighted by Gasteiger charge is 2.28. The number of halogens is 2. The summed E-state index contributed by atoms with van der Waals surface area (Å²) >= 11 is 1.12. The van der Waals surface area contributed by atoms with Crippen molar-refractivity contribution in [1.29, 1.82) is 0 Å². The standard InChI is InChI=1S/C18H19F2N3O2S/c1-2-7-23(9-11-3-4-11)17(25)15-10-26-18(21-15)22-16(24)12-5-6-13(19)14(20)8-12/h5-6,8,10-11H,2-4,7,9H2,1H3,(H,21,22,24). The Labute approximate surface area is 154 Å². The van der Waals surface area contributed by atoms with Crippen LogP contribution in [0.3, 0.4) is 0 Å². The van der Waals surface area contributed by atoms with E-state index in [0.29, 0.717) is 12.5 Å². The van der Waals surface area contributed by atoms with E-state index in [-0.39, 0.29) is 22.3 Å². The molecule has 5 nitrogen and oxygen atoms in total. The third-order valence-electron chi connectivity index (χ3n) is 4.08. The highest BCUT2D eigenvalue weighted by molar-refractivity contribution is 7.14. The molecule has 1 aliphatic rings. The molecular formula is C18H19F2N3O2S. The molecule has 26 heavy (non-hydrogen) atoms. The van der Waals surface area contributed by atoms with E-state index < -0.39 is 17.5 Å². The van der Waals surface area contributed by atoms with Crippen LogP contribution in [0.5, 0.6) is 0 Å². The van der Waals surface area contributed by atoms with E-state index in [1.165, 1.54) is 6.07 Å². The first-order chi connectivity index (χ1) is 12.5. The smallest absolute Gasteiger partial charge is 0.273 e. The monoisotopic (exact) mass is 379 g/mol. The van der Waals surface area contributed by atoms with Crippen molar-refractivity contribution in [2.75, 3.05) is 18.4 Å². The number of thiazole rings is 1. The van der Waals surface area contributed by atoms with E-state index in [9.17, 15) is 18.4 Å². The normalized spacial score (nSPS) is 13.5. The summed E-state index contributed by atoms with van der Waals surface area (Å²) in [5.41, 5.74) is 0.262. The fraction of sp³-hybridized carbons (Fsp3) is 0.389. The van der Waals surface area contributed by atoms with Crippen LogP contribution in [-0.4, -0.2) is 34.8 Å². The predicted octanol–water partition coefficient (Wildman–Crippen LogP) is 3.94. The third-order valence-corrected chi connectivity index (χ3v) is 4.84. The lowest BCUT2D eigenvalue weighted by Gasteiger charge is -2.20. The Hall–Kier alpha value is -2.35. The van der Waals surface area contributed by atoms with Crippen LogP contribution in [0, 0.1) is 17.6 Å². The molecule has 0 radical (unpaired) electrons. The van der Waals surface area contributed by atoms with Gasteiger partial charge in [0.2, 0.25) is 0 Å². The van der Waals surface area contributed by atoms with Crippen molar-refractivity contribution >= 4 is 28.3 Å². The Morgan fingerprint density at radius 2 is 2.08 bits per heavy atom. The van der Waals surface area contributed by atoms with Crippen molar-refractivity contribution in [3.8, 4) is 0 Å². The average Bonchev–Trinajstić information content (AvgIpc) is 3.32. The first-order valence-corrected chi connectivity index (χ1v) is 9.37. The van der Waals surface area contributed by atoms with Gasteiger partial charge in [-0.25, -0.2) is 13.8 Å². The molecule has 8 heteroatoms. The Morgan fingerprint density at radius 1 is 1.31 bits per heavy atom. The molecule has 0 atom stereocenters. The molecule has 0 unspecified atom stereocenters. The second kappa shape index (κ2) is 7.90. The minimum atomic E-state index is -1.09. The van der Waals surface area contributed by atoms with Gasteiger partial charge in [0.1, 0.15) is 5.69 Å². The summed E-state index contributed by atoms with van der Waals surface area (Å²) in [5, 5.41) is 4.35. The van der Waals surface area contributed by atoms with Crippen LogP contribution in [0.1, 0.15) is 47.0 Å². The maximum atomic E-state index is 13.2. The molecule has 3 rings (SSSR count). The molecule has 1 saturated carbocycles. The van der Waals surface area contributed by atoms with Gasteiger partial charge in [-0.15, -0.1) is 11.3 Å². The minimum Gasteiger partial charge on any atom is -0.337 e. The van der Waals surface area contributed by atoms with E-state index in [1.807, 2.05) is 6.92 Å². The van der Waals surface area contributed by atoms with E-state index in [2.05, 4.69) is 10.3 Å². The number of anilines is 1. The van der Waals surface area contributed by atoms with Crippen molar-refractivity contribution in [3.63, 3.8) is 0 Å². The van der Waals surface area contributed by atoms with Crippen LogP contribution in [0.4, 0.5) is 13.9 Å². The van der Waals surface area contributed by atoms with Gasteiger partial charge >= 0.3 is 0 Å². The number of amides is 2. The largest absolute Gasteiger partial charge is 0.337 e.